The van der Waals surface area contributed by atoms with Crippen LogP contribution in [0.3, 0.4) is 0 Å². The van der Waals surface area contributed by atoms with E-state index >= 15 is 0 Å². The number of rotatable bonds is 6. The summed E-state index contributed by atoms with van der Waals surface area (Å²) in [6.07, 6.45) is 2.95. The summed E-state index contributed by atoms with van der Waals surface area (Å²) >= 11 is 0. The van der Waals surface area contributed by atoms with Crippen LogP contribution in [-0.2, 0) is 0 Å². The lowest BCUT2D eigenvalue weighted by molar-refractivity contribution is 0.102. The maximum absolute atomic E-state index is 12.3. The van der Waals surface area contributed by atoms with Gasteiger partial charge < -0.3 is 20.1 Å². The predicted molar refractivity (Wildman–Crippen MR) is 88.3 cm³/mol. The van der Waals surface area contributed by atoms with Crippen LogP contribution in [-0.4, -0.2) is 36.1 Å². The average molecular weight is 316 g/mol. The number of methoxy groups -OCH3 is 2. The molecule has 1 aromatic heterocycles. The molecule has 1 amide bonds. The number of amides is 1. The standard InChI is InChI=1S/C16H20N4O3/c1-10(2)19-16-17-8-11(9-18-16)15(21)20-13-6-5-12(22-3)7-14(13)23-4/h5-10H,1-4H3,(H,20,21)(H,17,18,19). The van der Waals surface area contributed by atoms with Gasteiger partial charge in [0.1, 0.15) is 11.5 Å². The molecule has 2 N–H and O–H groups in total. The largest absolute Gasteiger partial charge is 0.497 e. The van der Waals surface area contributed by atoms with Crippen molar-refractivity contribution in [1.29, 1.82) is 0 Å². The zero-order chi connectivity index (χ0) is 16.8. The molecule has 2 aromatic rings. The highest BCUT2D eigenvalue weighted by atomic mass is 16.5. The third-order valence-electron chi connectivity index (χ3n) is 2.99. The molecule has 0 saturated carbocycles. The van der Waals surface area contributed by atoms with Gasteiger partial charge in [-0.3, -0.25) is 4.79 Å². The van der Waals surface area contributed by atoms with Crippen LogP contribution >= 0.6 is 0 Å². The van der Waals surface area contributed by atoms with Gasteiger partial charge in [-0.1, -0.05) is 0 Å². The molecule has 0 aliphatic rings. The van der Waals surface area contributed by atoms with Gasteiger partial charge in [-0.2, -0.15) is 0 Å². The first-order chi connectivity index (χ1) is 11.0. The monoisotopic (exact) mass is 316 g/mol. The van der Waals surface area contributed by atoms with E-state index in [1.807, 2.05) is 13.8 Å². The minimum atomic E-state index is -0.315. The van der Waals surface area contributed by atoms with Crippen LogP contribution in [0.4, 0.5) is 11.6 Å². The summed E-state index contributed by atoms with van der Waals surface area (Å²) in [4.78, 5) is 20.5. The van der Waals surface area contributed by atoms with E-state index in [1.165, 1.54) is 19.5 Å². The van der Waals surface area contributed by atoms with E-state index in [4.69, 9.17) is 9.47 Å². The molecule has 0 aliphatic carbocycles. The van der Waals surface area contributed by atoms with E-state index in [0.717, 1.165) is 0 Å². The van der Waals surface area contributed by atoms with Crippen molar-refractivity contribution < 1.29 is 14.3 Å². The van der Waals surface area contributed by atoms with E-state index in [2.05, 4.69) is 20.6 Å². The van der Waals surface area contributed by atoms with Gasteiger partial charge in [0.05, 0.1) is 25.5 Å². The van der Waals surface area contributed by atoms with Crippen LogP contribution in [0.2, 0.25) is 0 Å². The van der Waals surface area contributed by atoms with Crippen molar-refractivity contribution >= 4 is 17.5 Å². The number of carbonyl (C=O) groups excluding carboxylic acids is 1. The highest BCUT2D eigenvalue weighted by molar-refractivity contribution is 6.04. The smallest absolute Gasteiger partial charge is 0.258 e. The summed E-state index contributed by atoms with van der Waals surface area (Å²) in [6, 6.07) is 5.37. The molecule has 7 nitrogen and oxygen atoms in total. The molecular formula is C16H20N4O3. The van der Waals surface area contributed by atoms with Crippen molar-refractivity contribution in [3.63, 3.8) is 0 Å². The molecule has 0 atom stereocenters. The Morgan fingerprint density at radius 1 is 1.13 bits per heavy atom. The maximum Gasteiger partial charge on any atom is 0.258 e. The molecule has 23 heavy (non-hydrogen) atoms. The fourth-order valence-electron chi connectivity index (χ4n) is 1.87. The van der Waals surface area contributed by atoms with Gasteiger partial charge in [0.15, 0.2) is 0 Å². The number of aromatic nitrogens is 2. The Hall–Kier alpha value is -2.83. The van der Waals surface area contributed by atoms with Crippen molar-refractivity contribution in [2.24, 2.45) is 0 Å². The number of benzene rings is 1. The molecule has 2 rings (SSSR count). The fraction of sp³-hybridized carbons (Fsp3) is 0.312. The van der Waals surface area contributed by atoms with Gasteiger partial charge in [0.2, 0.25) is 5.95 Å². The molecule has 0 saturated heterocycles. The number of ether oxygens (including phenoxy) is 2. The summed E-state index contributed by atoms with van der Waals surface area (Å²) < 4.78 is 10.4. The number of nitrogens with zero attached hydrogens (tertiary/aromatic N) is 2. The Balaban J connectivity index is 2.12. The summed E-state index contributed by atoms with van der Waals surface area (Å²) in [7, 11) is 3.09. The second kappa shape index (κ2) is 7.44. The lowest BCUT2D eigenvalue weighted by Gasteiger charge is -2.12. The lowest BCUT2D eigenvalue weighted by atomic mass is 10.2. The van der Waals surface area contributed by atoms with Crippen LogP contribution in [0.25, 0.3) is 0 Å². The van der Waals surface area contributed by atoms with Crippen molar-refractivity contribution in [3.05, 3.63) is 36.2 Å². The molecule has 1 aromatic carbocycles. The third kappa shape index (κ3) is 4.32. The lowest BCUT2D eigenvalue weighted by Crippen LogP contribution is -2.16. The van der Waals surface area contributed by atoms with Gasteiger partial charge in [-0.05, 0) is 26.0 Å². The molecule has 0 radical (unpaired) electrons. The summed E-state index contributed by atoms with van der Waals surface area (Å²) in [6.45, 7) is 3.97. The summed E-state index contributed by atoms with van der Waals surface area (Å²) in [5.41, 5.74) is 0.903. The molecular weight excluding hydrogens is 296 g/mol. The van der Waals surface area contributed by atoms with Crippen LogP contribution < -0.4 is 20.1 Å². The molecule has 0 unspecified atom stereocenters. The van der Waals surface area contributed by atoms with Crippen LogP contribution in [0.5, 0.6) is 11.5 Å². The Morgan fingerprint density at radius 2 is 1.83 bits per heavy atom. The number of hydrogen-bond acceptors (Lipinski definition) is 6. The van der Waals surface area contributed by atoms with E-state index in [0.29, 0.717) is 28.7 Å². The molecule has 122 valence electrons. The number of anilines is 2. The summed E-state index contributed by atoms with van der Waals surface area (Å²) in [5.74, 6) is 1.33. The predicted octanol–water partition coefficient (Wildman–Crippen LogP) is 2.57. The topological polar surface area (TPSA) is 85.4 Å². The second-order valence-corrected chi connectivity index (χ2v) is 5.11. The quantitative estimate of drug-likeness (QED) is 0.852. The molecule has 0 fully saturated rings. The van der Waals surface area contributed by atoms with Crippen molar-refractivity contribution in [3.8, 4) is 11.5 Å². The SMILES string of the molecule is COc1ccc(NC(=O)c2cnc(NC(C)C)nc2)c(OC)c1. The number of hydrogen-bond donors (Lipinski definition) is 2. The third-order valence-corrected chi connectivity index (χ3v) is 2.99. The number of carbonyl (C=O) groups is 1. The molecule has 1 heterocycles. The van der Waals surface area contributed by atoms with Gasteiger partial charge in [-0.15, -0.1) is 0 Å². The zero-order valence-electron chi connectivity index (χ0n) is 13.6. The maximum atomic E-state index is 12.3. The highest BCUT2D eigenvalue weighted by Gasteiger charge is 2.12. The zero-order valence-corrected chi connectivity index (χ0v) is 13.6. The van der Waals surface area contributed by atoms with Crippen LogP contribution in [0, 0.1) is 0 Å². The minimum Gasteiger partial charge on any atom is -0.497 e. The van der Waals surface area contributed by atoms with Gasteiger partial charge in [-0.25, -0.2) is 9.97 Å². The normalized spacial score (nSPS) is 10.3. The first-order valence-corrected chi connectivity index (χ1v) is 7.15. The van der Waals surface area contributed by atoms with Crippen molar-refractivity contribution in [2.45, 2.75) is 19.9 Å². The summed E-state index contributed by atoms with van der Waals surface area (Å²) in [5, 5.41) is 5.83. The average Bonchev–Trinajstić information content (AvgIpc) is 2.55. The Bertz CT molecular complexity index is 672. The Morgan fingerprint density at radius 3 is 2.39 bits per heavy atom. The van der Waals surface area contributed by atoms with E-state index in [1.54, 1.807) is 25.3 Å². The van der Waals surface area contributed by atoms with Gasteiger partial charge >= 0.3 is 0 Å². The molecule has 0 bridgehead atoms. The minimum absolute atomic E-state index is 0.221. The van der Waals surface area contributed by atoms with E-state index in [-0.39, 0.29) is 11.9 Å². The van der Waals surface area contributed by atoms with E-state index in [9.17, 15) is 4.79 Å². The van der Waals surface area contributed by atoms with Crippen LogP contribution in [0.15, 0.2) is 30.6 Å². The van der Waals surface area contributed by atoms with Crippen LogP contribution in [0.1, 0.15) is 24.2 Å². The fourth-order valence-corrected chi connectivity index (χ4v) is 1.87. The first-order valence-electron chi connectivity index (χ1n) is 7.15. The van der Waals surface area contributed by atoms with Gasteiger partial charge in [0.25, 0.3) is 5.91 Å². The number of nitrogens with one attached hydrogen (secondary N) is 2. The molecule has 0 aliphatic heterocycles. The van der Waals surface area contributed by atoms with E-state index < -0.39 is 0 Å². The Labute approximate surface area is 135 Å². The molecule has 0 spiro atoms. The van der Waals surface area contributed by atoms with Crippen molar-refractivity contribution in [1.82, 2.24) is 9.97 Å². The van der Waals surface area contributed by atoms with Crippen molar-refractivity contribution in [2.75, 3.05) is 24.9 Å². The Kier molecular flexibility index (Phi) is 5.35. The molecule has 7 heteroatoms. The highest BCUT2D eigenvalue weighted by Crippen LogP contribution is 2.29. The first kappa shape index (κ1) is 16.5. The van der Waals surface area contributed by atoms with Gasteiger partial charge in [0, 0.05) is 24.5 Å². The second-order valence-electron chi connectivity index (χ2n) is 5.11.